The van der Waals surface area contributed by atoms with E-state index in [0.29, 0.717) is 18.5 Å². The number of amides is 1. The van der Waals surface area contributed by atoms with Crippen LogP contribution in [-0.2, 0) is 4.79 Å². The molecule has 6 nitrogen and oxygen atoms in total. The number of hydrogen-bond acceptors (Lipinski definition) is 5. The van der Waals surface area contributed by atoms with Crippen molar-refractivity contribution in [1.29, 1.82) is 0 Å². The molecule has 2 aromatic rings. The maximum atomic E-state index is 12.4. The number of oxazole rings is 1. The van der Waals surface area contributed by atoms with Crippen LogP contribution in [0.4, 0.5) is 6.01 Å². The van der Waals surface area contributed by atoms with E-state index in [1.54, 1.807) is 0 Å². The Morgan fingerprint density at radius 3 is 2.64 bits per heavy atom. The molecule has 1 aromatic heterocycles. The number of piperazine rings is 1. The van der Waals surface area contributed by atoms with E-state index >= 15 is 0 Å². The molecule has 1 amide bonds. The molecule has 0 saturated carbocycles. The van der Waals surface area contributed by atoms with Gasteiger partial charge < -0.3 is 19.5 Å². The van der Waals surface area contributed by atoms with Crippen molar-refractivity contribution >= 4 is 47.8 Å². The number of nitrogens with zero attached hydrogens (tertiary/aromatic N) is 3. The number of hydrogen-bond donors (Lipinski definition) is 1. The highest BCUT2D eigenvalue weighted by atomic mass is 35.5. The standard InChI is InChI=1S/C17H22N4O2.2ClH/c22-16(12-13-4-3-7-18-13)20-8-10-21(11-9-20)17-19-14-5-1-2-6-15(14)23-17;;/h1-2,5-6,13,18H,3-4,7-12H2;2*1H. The van der Waals surface area contributed by atoms with Crippen molar-refractivity contribution in [2.75, 3.05) is 37.6 Å². The third-order valence-corrected chi connectivity index (χ3v) is 4.77. The summed E-state index contributed by atoms with van der Waals surface area (Å²) in [6.07, 6.45) is 2.93. The summed E-state index contributed by atoms with van der Waals surface area (Å²) in [6, 6.07) is 8.83. The van der Waals surface area contributed by atoms with Crippen molar-refractivity contribution in [2.24, 2.45) is 0 Å². The molecule has 1 aromatic carbocycles. The molecule has 1 atom stereocenters. The lowest BCUT2D eigenvalue weighted by Gasteiger charge is -2.34. The summed E-state index contributed by atoms with van der Waals surface area (Å²) < 4.78 is 5.81. The fraction of sp³-hybridized carbons (Fsp3) is 0.529. The second kappa shape index (κ2) is 8.74. The lowest BCUT2D eigenvalue weighted by Crippen LogP contribution is -2.49. The molecule has 0 radical (unpaired) electrons. The molecular formula is C17H24Cl2N4O2. The molecule has 0 spiro atoms. The molecule has 138 valence electrons. The number of para-hydroxylation sites is 2. The number of carbonyl (C=O) groups is 1. The number of carbonyl (C=O) groups excluding carboxylic acids is 1. The summed E-state index contributed by atoms with van der Waals surface area (Å²) in [7, 11) is 0. The molecule has 2 saturated heterocycles. The monoisotopic (exact) mass is 386 g/mol. The number of nitrogens with one attached hydrogen (secondary N) is 1. The van der Waals surface area contributed by atoms with Crippen LogP contribution in [0.1, 0.15) is 19.3 Å². The highest BCUT2D eigenvalue weighted by Gasteiger charge is 2.26. The Labute approximate surface area is 159 Å². The minimum absolute atomic E-state index is 0. The Bertz CT molecular complexity index is 662. The molecule has 1 N–H and O–H groups in total. The van der Waals surface area contributed by atoms with Crippen molar-refractivity contribution in [3.05, 3.63) is 24.3 Å². The summed E-state index contributed by atoms with van der Waals surface area (Å²) in [5.41, 5.74) is 1.70. The number of halogens is 2. The van der Waals surface area contributed by atoms with Gasteiger partial charge in [0.25, 0.3) is 6.01 Å². The van der Waals surface area contributed by atoms with Gasteiger partial charge in [0.15, 0.2) is 5.58 Å². The van der Waals surface area contributed by atoms with Crippen molar-refractivity contribution in [2.45, 2.75) is 25.3 Å². The summed E-state index contributed by atoms with van der Waals surface area (Å²) >= 11 is 0. The molecule has 0 bridgehead atoms. The van der Waals surface area contributed by atoms with E-state index in [2.05, 4.69) is 15.2 Å². The molecule has 0 aliphatic carbocycles. The minimum atomic E-state index is 0. The zero-order chi connectivity index (χ0) is 15.6. The minimum Gasteiger partial charge on any atom is -0.423 e. The van der Waals surface area contributed by atoms with E-state index in [1.165, 1.54) is 6.42 Å². The van der Waals surface area contributed by atoms with Crippen molar-refractivity contribution in [3.8, 4) is 0 Å². The van der Waals surface area contributed by atoms with Gasteiger partial charge in [-0.3, -0.25) is 4.79 Å². The van der Waals surface area contributed by atoms with Crippen LogP contribution in [0.15, 0.2) is 28.7 Å². The fourth-order valence-corrected chi connectivity index (χ4v) is 3.41. The molecule has 8 heteroatoms. The molecular weight excluding hydrogens is 363 g/mol. The van der Waals surface area contributed by atoms with Gasteiger partial charge in [0.1, 0.15) is 5.52 Å². The van der Waals surface area contributed by atoms with Gasteiger partial charge in [0, 0.05) is 38.6 Å². The molecule has 4 rings (SSSR count). The van der Waals surface area contributed by atoms with Crippen molar-refractivity contribution in [1.82, 2.24) is 15.2 Å². The highest BCUT2D eigenvalue weighted by Crippen LogP contribution is 2.22. The van der Waals surface area contributed by atoms with Gasteiger partial charge in [-0.2, -0.15) is 4.98 Å². The van der Waals surface area contributed by atoms with Gasteiger partial charge in [0.05, 0.1) is 0 Å². The summed E-state index contributed by atoms with van der Waals surface area (Å²) in [6.45, 7) is 4.07. The Balaban J connectivity index is 0.00000113. The lowest BCUT2D eigenvalue weighted by molar-refractivity contribution is -0.132. The van der Waals surface area contributed by atoms with E-state index in [1.807, 2.05) is 29.2 Å². The van der Waals surface area contributed by atoms with Crippen molar-refractivity contribution < 1.29 is 9.21 Å². The van der Waals surface area contributed by atoms with Gasteiger partial charge >= 0.3 is 0 Å². The molecule has 2 fully saturated rings. The van der Waals surface area contributed by atoms with Gasteiger partial charge in [0.2, 0.25) is 5.91 Å². The van der Waals surface area contributed by atoms with Crippen LogP contribution in [0.25, 0.3) is 11.1 Å². The number of benzene rings is 1. The van der Waals surface area contributed by atoms with E-state index < -0.39 is 0 Å². The number of anilines is 1. The normalized spacial score (nSPS) is 20.2. The Morgan fingerprint density at radius 2 is 1.96 bits per heavy atom. The first-order valence-corrected chi connectivity index (χ1v) is 8.41. The maximum Gasteiger partial charge on any atom is 0.298 e. The number of rotatable bonds is 3. The second-order valence-electron chi connectivity index (χ2n) is 6.33. The SMILES string of the molecule is Cl.Cl.O=C(CC1CCCN1)N1CCN(c2nc3ccccc3o2)CC1. The average Bonchev–Trinajstić information content (AvgIpc) is 3.24. The summed E-state index contributed by atoms with van der Waals surface area (Å²) in [5.74, 6) is 0.265. The summed E-state index contributed by atoms with van der Waals surface area (Å²) in [5, 5.41) is 3.39. The van der Waals surface area contributed by atoms with Crippen LogP contribution in [0, 0.1) is 0 Å². The first-order valence-electron chi connectivity index (χ1n) is 8.41. The topological polar surface area (TPSA) is 61.6 Å². The Hall–Kier alpha value is -1.50. The molecule has 25 heavy (non-hydrogen) atoms. The van der Waals surface area contributed by atoms with Gasteiger partial charge in [-0.15, -0.1) is 24.8 Å². The number of aromatic nitrogens is 1. The van der Waals surface area contributed by atoms with E-state index in [4.69, 9.17) is 4.42 Å². The lowest BCUT2D eigenvalue weighted by atomic mass is 10.1. The summed E-state index contributed by atoms with van der Waals surface area (Å²) in [4.78, 5) is 21.0. The quantitative estimate of drug-likeness (QED) is 0.877. The fourth-order valence-electron chi connectivity index (χ4n) is 3.41. The van der Waals surface area contributed by atoms with E-state index in [-0.39, 0.29) is 30.7 Å². The van der Waals surface area contributed by atoms with Gasteiger partial charge in [-0.25, -0.2) is 0 Å². The van der Waals surface area contributed by atoms with Crippen molar-refractivity contribution in [3.63, 3.8) is 0 Å². The average molecular weight is 387 g/mol. The highest BCUT2D eigenvalue weighted by molar-refractivity contribution is 5.85. The predicted octanol–water partition coefficient (Wildman–Crippen LogP) is 2.46. The smallest absolute Gasteiger partial charge is 0.298 e. The first kappa shape index (κ1) is 19.8. The van der Waals surface area contributed by atoms with Crippen LogP contribution in [0.5, 0.6) is 0 Å². The van der Waals surface area contributed by atoms with Crippen LogP contribution in [-0.4, -0.2) is 54.6 Å². The molecule has 2 aliphatic heterocycles. The molecule has 2 aliphatic rings. The third-order valence-electron chi connectivity index (χ3n) is 4.77. The zero-order valence-corrected chi connectivity index (χ0v) is 15.7. The third kappa shape index (κ3) is 4.37. The first-order chi connectivity index (χ1) is 11.3. The van der Waals surface area contributed by atoms with Crippen LogP contribution < -0.4 is 10.2 Å². The predicted molar refractivity (Wildman–Crippen MR) is 103 cm³/mol. The Kier molecular flexibility index (Phi) is 6.93. The van der Waals surface area contributed by atoms with E-state index in [0.717, 1.165) is 50.2 Å². The largest absolute Gasteiger partial charge is 0.423 e. The number of fused-ring (bicyclic) bond motifs is 1. The van der Waals surface area contributed by atoms with Crippen LogP contribution in [0.3, 0.4) is 0 Å². The maximum absolute atomic E-state index is 12.4. The zero-order valence-electron chi connectivity index (χ0n) is 14.0. The van der Waals surface area contributed by atoms with Gasteiger partial charge in [-0.1, -0.05) is 12.1 Å². The van der Waals surface area contributed by atoms with Gasteiger partial charge in [-0.05, 0) is 31.5 Å². The molecule has 1 unspecified atom stereocenters. The molecule has 3 heterocycles. The second-order valence-corrected chi connectivity index (χ2v) is 6.33. The Morgan fingerprint density at radius 1 is 1.20 bits per heavy atom. The van der Waals surface area contributed by atoms with E-state index in [9.17, 15) is 4.79 Å². The van der Waals surface area contributed by atoms with Crippen LogP contribution >= 0.6 is 24.8 Å². The van der Waals surface area contributed by atoms with Crippen LogP contribution in [0.2, 0.25) is 0 Å².